The lowest BCUT2D eigenvalue weighted by atomic mass is 10.2. The molecule has 1 aromatic heterocycles. The number of hydrogen-bond acceptors (Lipinski definition) is 5. The number of carboxylic acids is 1. The molecule has 6 heteroatoms. The Morgan fingerprint density at radius 3 is 2.89 bits per heavy atom. The summed E-state index contributed by atoms with van der Waals surface area (Å²) in [5.41, 5.74) is 0.728. The Morgan fingerprint density at radius 2 is 2.22 bits per heavy atom. The Labute approximate surface area is 104 Å². The van der Waals surface area contributed by atoms with Crippen molar-refractivity contribution in [3.8, 4) is 5.75 Å². The number of fused-ring (bicyclic) bond motifs is 1. The minimum Gasteiger partial charge on any atom is -0.497 e. The number of carbonyl (C=O) groups is 1. The number of aromatic nitrogens is 2. The van der Waals surface area contributed by atoms with Gasteiger partial charge in [0.05, 0.1) is 12.6 Å². The third kappa shape index (κ3) is 2.32. The molecule has 6 nitrogen and oxygen atoms in total. The fourth-order valence-corrected chi connectivity index (χ4v) is 1.54. The van der Waals surface area contributed by atoms with E-state index in [0.717, 1.165) is 10.9 Å². The van der Waals surface area contributed by atoms with E-state index in [1.165, 1.54) is 6.33 Å². The molecule has 0 aliphatic heterocycles. The first kappa shape index (κ1) is 12.1. The molecular formula is C12H13N3O3. The van der Waals surface area contributed by atoms with Gasteiger partial charge in [0.25, 0.3) is 0 Å². The van der Waals surface area contributed by atoms with E-state index in [-0.39, 0.29) is 0 Å². The van der Waals surface area contributed by atoms with Gasteiger partial charge in [0, 0.05) is 5.39 Å². The molecule has 0 aliphatic rings. The molecule has 1 aromatic carbocycles. The van der Waals surface area contributed by atoms with Crippen molar-refractivity contribution >= 4 is 22.7 Å². The van der Waals surface area contributed by atoms with Crippen LogP contribution in [0.25, 0.3) is 10.9 Å². The third-order valence-electron chi connectivity index (χ3n) is 2.57. The van der Waals surface area contributed by atoms with E-state index in [0.29, 0.717) is 11.6 Å². The molecule has 1 heterocycles. The van der Waals surface area contributed by atoms with Gasteiger partial charge >= 0.3 is 5.97 Å². The summed E-state index contributed by atoms with van der Waals surface area (Å²) >= 11 is 0. The fraction of sp³-hybridized carbons (Fsp3) is 0.250. The molecule has 0 bridgehead atoms. The van der Waals surface area contributed by atoms with Crippen LogP contribution >= 0.6 is 0 Å². The molecule has 0 saturated carbocycles. The second kappa shape index (κ2) is 4.87. The molecular weight excluding hydrogens is 234 g/mol. The Bertz CT molecular complexity index is 586. The summed E-state index contributed by atoms with van der Waals surface area (Å²) in [6.45, 7) is 1.55. The van der Waals surface area contributed by atoms with E-state index in [9.17, 15) is 4.79 Å². The maximum atomic E-state index is 10.8. The van der Waals surface area contributed by atoms with Crippen molar-refractivity contribution in [1.82, 2.24) is 9.97 Å². The lowest BCUT2D eigenvalue weighted by Crippen LogP contribution is -2.26. The van der Waals surface area contributed by atoms with Crippen molar-refractivity contribution in [2.75, 3.05) is 12.4 Å². The predicted octanol–water partition coefficient (Wildman–Crippen LogP) is 1.52. The lowest BCUT2D eigenvalue weighted by Gasteiger charge is -2.12. The summed E-state index contributed by atoms with van der Waals surface area (Å²) in [5, 5.41) is 12.4. The predicted molar refractivity (Wildman–Crippen MR) is 66.8 cm³/mol. The molecule has 0 spiro atoms. The molecule has 0 radical (unpaired) electrons. The van der Waals surface area contributed by atoms with Crippen LogP contribution in [-0.2, 0) is 4.79 Å². The summed E-state index contributed by atoms with van der Waals surface area (Å²) < 4.78 is 5.13. The zero-order chi connectivity index (χ0) is 13.1. The van der Waals surface area contributed by atoms with Gasteiger partial charge in [0.15, 0.2) is 0 Å². The van der Waals surface area contributed by atoms with E-state index in [1.54, 1.807) is 32.2 Å². The SMILES string of the molecule is COc1ccc2ncnc(NC(C)C(=O)O)c2c1. The summed E-state index contributed by atoms with van der Waals surface area (Å²) in [6, 6.07) is 4.63. The van der Waals surface area contributed by atoms with Crippen LogP contribution in [0.4, 0.5) is 5.82 Å². The molecule has 18 heavy (non-hydrogen) atoms. The number of aliphatic carboxylic acids is 1. The van der Waals surface area contributed by atoms with Gasteiger partial charge in [-0.25, -0.2) is 9.97 Å². The Hall–Kier alpha value is -2.37. The maximum Gasteiger partial charge on any atom is 0.325 e. The maximum absolute atomic E-state index is 10.8. The van der Waals surface area contributed by atoms with E-state index >= 15 is 0 Å². The van der Waals surface area contributed by atoms with Gasteiger partial charge in [-0.2, -0.15) is 0 Å². The number of ether oxygens (including phenoxy) is 1. The van der Waals surface area contributed by atoms with Gasteiger partial charge in [0.1, 0.15) is 23.9 Å². The zero-order valence-electron chi connectivity index (χ0n) is 10.0. The molecule has 0 fully saturated rings. The van der Waals surface area contributed by atoms with Gasteiger partial charge in [-0.1, -0.05) is 0 Å². The average molecular weight is 247 g/mol. The standard InChI is InChI=1S/C12H13N3O3/c1-7(12(16)17)15-11-9-5-8(18-2)3-4-10(9)13-6-14-11/h3-7H,1-2H3,(H,16,17)(H,13,14,15). The number of carboxylic acid groups (broad SMARTS) is 1. The lowest BCUT2D eigenvalue weighted by molar-refractivity contribution is -0.137. The molecule has 2 aromatic rings. The highest BCUT2D eigenvalue weighted by atomic mass is 16.5. The second-order valence-corrected chi connectivity index (χ2v) is 3.81. The first-order valence-corrected chi connectivity index (χ1v) is 5.40. The zero-order valence-corrected chi connectivity index (χ0v) is 10.0. The minimum absolute atomic E-state index is 0.480. The smallest absolute Gasteiger partial charge is 0.325 e. The molecule has 2 N–H and O–H groups in total. The molecule has 94 valence electrons. The van der Waals surface area contributed by atoms with E-state index in [1.807, 2.05) is 0 Å². The first-order valence-electron chi connectivity index (χ1n) is 5.40. The van der Waals surface area contributed by atoms with Crippen LogP contribution in [0.5, 0.6) is 5.75 Å². The van der Waals surface area contributed by atoms with Crippen LogP contribution in [-0.4, -0.2) is 34.2 Å². The van der Waals surface area contributed by atoms with Crippen LogP contribution in [0.3, 0.4) is 0 Å². The molecule has 0 aliphatic carbocycles. The summed E-state index contributed by atoms with van der Waals surface area (Å²) in [6.07, 6.45) is 1.39. The minimum atomic E-state index is -0.940. The highest BCUT2D eigenvalue weighted by Crippen LogP contribution is 2.24. The van der Waals surface area contributed by atoms with E-state index in [2.05, 4.69) is 15.3 Å². The molecule has 2 rings (SSSR count). The fourth-order valence-electron chi connectivity index (χ4n) is 1.54. The highest BCUT2D eigenvalue weighted by Gasteiger charge is 2.13. The molecule has 1 atom stereocenters. The van der Waals surface area contributed by atoms with Crippen LogP contribution in [0, 0.1) is 0 Å². The monoisotopic (exact) mass is 247 g/mol. The number of anilines is 1. The van der Waals surface area contributed by atoms with Crippen LogP contribution in [0.15, 0.2) is 24.5 Å². The van der Waals surface area contributed by atoms with Crippen molar-refractivity contribution in [3.05, 3.63) is 24.5 Å². The van der Waals surface area contributed by atoms with Crippen molar-refractivity contribution in [1.29, 1.82) is 0 Å². The number of rotatable bonds is 4. The quantitative estimate of drug-likeness (QED) is 0.852. The van der Waals surface area contributed by atoms with Crippen LogP contribution in [0.1, 0.15) is 6.92 Å². The Kier molecular flexibility index (Phi) is 3.27. The Morgan fingerprint density at radius 1 is 1.44 bits per heavy atom. The van der Waals surface area contributed by atoms with Crippen LogP contribution < -0.4 is 10.1 Å². The van der Waals surface area contributed by atoms with E-state index in [4.69, 9.17) is 9.84 Å². The van der Waals surface area contributed by atoms with Crippen LogP contribution in [0.2, 0.25) is 0 Å². The third-order valence-corrected chi connectivity index (χ3v) is 2.57. The van der Waals surface area contributed by atoms with Crippen molar-refractivity contribution < 1.29 is 14.6 Å². The molecule has 0 saturated heterocycles. The number of methoxy groups -OCH3 is 1. The number of nitrogens with zero attached hydrogens (tertiary/aromatic N) is 2. The number of benzene rings is 1. The summed E-state index contributed by atoms with van der Waals surface area (Å²) in [5.74, 6) is 0.210. The van der Waals surface area contributed by atoms with E-state index < -0.39 is 12.0 Å². The summed E-state index contributed by atoms with van der Waals surface area (Å²) in [4.78, 5) is 19.0. The largest absolute Gasteiger partial charge is 0.497 e. The number of hydrogen-bond donors (Lipinski definition) is 2. The molecule has 1 unspecified atom stereocenters. The first-order chi connectivity index (χ1) is 8.61. The highest BCUT2D eigenvalue weighted by molar-refractivity contribution is 5.91. The van der Waals surface area contributed by atoms with Crippen molar-refractivity contribution in [2.45, 2.75) is 13.0 Å². The normalized spacial score (nSPS) is 12.1. The van der Waals surface area contributed by atoms with Crippen molar-refractivity contribution in [2.24, 2.45) is 0 Å². The average Bonchev–Trinajstić information content (AvgIpc) is 2.38. The van der Waals surface area contributed by atoms with Gasteiger partial charge in [-0.15, -0.1) is 0 Å². The molecule has 0 amide bonds. The van der Waals surface area contributed by atoms with Gasteiger partial charge in [-0.3, -0.25) is 4.79 Å². The van der Waals surface area contributed by atoms with Gasteiger partial charge < -0.3 is 15.2 Å². The number of nitrogens with one attached hydrogen (secondary N) is 1. The van der Waals surface area contributed by atoms with Crippen molar-refractivity contribution in [3.63, 3.8) is 0 Å². The van der Waals surface area contributed by atoms with Gasteiger partial charge in [-0.05, 0) is 25.1 Å². The Balaban J connectivity index is 2.46. The van der Waals surface area contributed by atoms with Gasteiger partial charge in [0.2, 0.25) is 0 Å². The summed E-state index contributed by atoms with van der Waals surface area (Å²) in [7, 11) is 1.57. The topological polar surface area (TPSA) is 84.3 Å². The second-order valence-electron chi connectivity index (χ2n) is 3.81.